The first-order valence-corrected chi connectivity index (χ1v) is 4.22. The van der Waals surface area contributed by atoms with Crippen LogP contribution in [0.15, 0.2) is 0 Å². The molecule has 0 fully saturated rings. The van der Waals surface area contributed by atoms with Gasteiger partial charge in [-0.3, -0.25) is 10.5 Å². The van der Waals surface area contributed by atoms with Crippen LogP contribution >= 0.6 is 0 Å². The van der Waals surface area contributed by atoms with Gasteiger partial charge < -0.3 is 0 Å². The van der Waals surface area contributed by atoms with E-state index in [0.29, 0.717) is 0 Å². The SMILES string of the molecule is CC(C)(COO)OOC(C)(C)COO. The first-order valence-electron chi connectivity index (χ1n) is 4.22. The van der Waals surface area contributed by atoms with Gasteiger partial charge in [0, 0.05) is 0 Å². The second kappa shape index (κ2) is 5.59. The van der Waals surface area contributed by atoms with Crippen LogP contribution in [0.3, 0.4) is 0 Å². The molecule has 0 saturated heterocycles. The van der Waals surface area contributed by atoms with Crippen molar-refractivity contribution in [3.8, 4) is 0 Å². The van der Waals surface area contributed by atoms with Crippen molar-refractivity contribution in [2.24, 2.45) is 0 Å². The van der Waals surface area contributed by atoms with Crippen LogP contribution < -0.4 is 0 Å². The minimum Gasteiger partial charge on any atom is -0.252 e. The first kappa shape index (κ1) is 13.8. The Kier molecular flexibility index (Phi) is 5.50. The van der Waals surface area contributed by atoms with Crippen molar-refractivity contribution in [3.05, 3.63) is 0 Å². The van der Waals surface area contributed by atoms with Gasteiger partial charge in [-0.1, -0.05) is 0 Å². The van der Waals surface area contributed by atoms with E-state index in [2.05, 4.69) is 9.78 Å². The van der Waals surface area contributed by atoms with Gasteiger partial charge in [-0.15, -0.1) is 0 Å². The van der Waals surface area contributed by atoms with Gasteiger partial charge in [0.1, 0.15) is 24.4 Å². The maximum Gasteiger partial charge on any atom is 0.124 e. The van der Waals surface area contributed by atoms with E-state index in [9.17, 15) is 0 Å². The molecule has 0 aromatic carbocycles. The molecule has 0 aliphatic carbocycles. The largest absolute Gasteiger partial charge is 0.252 e. The first-order chi connectivity index (χ1) is 6.33. The van der Waals surface area contributed by atoms with Gasteiger partial charge in [0.15, 0.2) is 0 Å². The van der Waals surface area contributed by atoms with Crippen molar-refractivity contribution in [1.82, 2.24) is 0 Å². The number of hydrogen-bond acceptors (Lipinski definition) is 6. The summed E-state index contributed by atoms with van der Waals surface area (Å²) in [6, 6.07) is 0. The highest BCUT2D eigenvalue weighted by atomic mass is 17.2. The van der Waals surface area contributed by atoms with E-state index in [1.807, 2.05) is 0 Å². The maximum atomic E-state index is 8.23. The standard InChI is InChI=1S/C8H18O6/c1-7(2,5-11-9)13-14-8(3,4)6-12-10/h9-10H,5-6H2,1-4H3. The fourth-order valence-corrected chi connectivity index (χ4v) is 0.585. The summed E-state index contributed by atoms with van der Waals surface area (Å²) in [6.45, 7) is 6.67. The Morgan fingerprint density at radius 3 is 1.29 bits per heavy atom. The quantitative estimate of drug-likeness (QED) is 0.489. The van der Waals surface area contributed by atoms with Crippen LogP contribution in [-0.4, -0.2) is 34.9 Å². The van der Waals surface area contributed by atoms with Gasteiger partial charge in [-0.05, 0) is 27.7 Å². The lowest BCUT2D eigenvalue weighted by Crippen LogP contribution is -2.38. The van der Waals surface area contributed by atoms with Crippen LogP contribution in [0, 0.1) is 0 Å². The molecule has 0 aromatic rings. The van der Waals surface area contributed by atoms with Crippen LogP contribution in [0.2, 0.25) is 0 Å². The summed E-state index contributed by atoms with van der Waals surface area (Å²) >= 11 is 0. The van der Waals surface area contributed by atoms with Crippen LogP contribution in [0.4, 0.5) is 0 Å². The third-order valence-electron chi connectivity index (χ3n) is 1.32. The molecule has 0 rings (SSSR count). The zero-order valence-electron chi connectivity index (χ0n) is 8.94. The lowest BCUT2D eigenvalue weighted by atomic mass is 10.1. The second-order valence-electron chi connectivity index (χ2n) is 4.23. The minimum absolute atomic E-state index is 0.0247. The van der Waals surface area contributed by atoms with Gasteiger partial charge in [0.25, 0.3) is 0 Å². The molecule has 0 aromatic heterocycles. The molecule has 2 N–H and O–H groups in total. The Hall–Kier alpha value is -0.240. The van der Waals surface area contributed by atoms with Crippen LogP contribution in [0.5, 0.6) is 0 Å². The highest BCUT2D eigenvalue weighted by molar-refractivity contribution is 4.67. The van der Waals surface area contributed by atoms with Gasteiger partial charge in [-0.2, -0.15) is 0 Å². The summed E-state index contributed by atoms with van der Waals surface area (Å²) in [5, 5.41) is 16.5. The van der Waals surface area contributed by atoms with E-state index in [1.165, 1.54) is 0 Å². The highest BCUT2D eigenvalue weighted by Gasteiger charge is 2.27. The van der Waals surface area contributed by atoms with E-state index in [0.717, 1.165) is 0 Å². The Labute approximate surface area is 83.1 Å². The molecule has 0 aliphatic rings. The third-order valence-corrected chi connectivity index (χ3v) is 1.32. The van der Waals surface area contributed by atoms with Gasteiger partial charge in [0.05, 0.1) is 0 Å². The monoisotopic (exact) mass is 210 g/mol. The fraction of sp³-hybridized carbons (Fsp3) is 1.00. The van der Waals surface area contributed by atoms with E-state index < -0.39 is 11.2 Å². The van der Waals surface area contributed by atoms with E-state index in [1.54, 1.807) is 27.7 Å². The van der Waals surface area contributed by atoms with Crippen molar-refractivity contribution in [3.63, 3.8) is 0 Å². The molecule has 14 heavy (non-hydrogen) atoms. The number of hydrogen-bond donors (Lipinski definition) is 2. The fourth-order valence-electron chi connectivity index (χ4n) is 0.585. The molecule has 0 bridgehead atoms. The van der Waals surface area contributed by atoms with Crippen molar-refractivity contribution in [2.45, 2.75) is 38.9 Å². The molecule has 6 nitrogen and oxygen atoms in total. The second-order valence-corrected chi connectivity index (χ2v) is 4.23. The van der Waals surface area contributed by atoms with Gasteiger partial charge in [0.2, 0.25) is 0 Å². The zero-order valence-corrected chi connectivity index (χ0v) is 8.94. The van der Waals surface area contributed by atoms with Crippen LogP contribution in [-0.2, 0) is 19.6 Å². The van der Waals surface area contributed by atoms with Crippen molar-refractivity contribution in [1.29, 1.82) is 0 Å². The average molecular weight is 210 g/mol. The molecule has 86 valence electrons. The molecule has 6 heteroatoms. The van der Waals surface area contributed by atoms with Gasteiger partial charge in [-0.25, -0.2) is 19.6 Å². The molecule has 0 spiro atoms. The summed E-state index contributed by atoms with van der Waals surface area (Å²) in [5.74, 6) is 0. The lowest BCUT2D eigenvalue weighted by molar-refractivity contribution is -0.433. The Morgan fingerprint density at radius 2 is 1.07 bits per heavy atom. The molecule has 0 atom stereocenters. The Morgan fingerprint density at radius 1 is 0.786 bits per heavy atom. The summed E-state index contributed by atoms with van der Waals surface area (Å²) in [7, 11) is 0. The summed E-state index contributed by atoms with van der Waals surface area (Å²) < 4.78 is 0. The summed E-state index contributed by atoms with van der Waals surface area (Å²) in [6.07, 6.45) is 0. The molecular weight excluding hydrogens is 192 g/mol. The Balaban J connectivity index is 3.90. The van der Waals surface area contributed by atoms with E-state index in [-0.39, 0.29) is 13.2 Å². The summed E-state index contributed by atoms with van der Waals surface area (Å²) in [5.41, 5.74) is -1.55. The molecule has 0 saturated carbocycles. The predicted molar refractivity (Wildman–Crippen MR) is 47.5 cm³/mol. The lowest BCUT2D eigenvalue weighted by Gasteiger charge is -2.28. The molecule has 0 unspecified atom stereocenters. The van der Waals surface area contributed by atoms with E-state index in [4.69, 9.17) is 20.3 Å². The van der Waals surface area contributed by atoms with Crippen molar-refractivity contribution < 1.29 is 30.1 Å². The third kappa shape index (κ3) is 6.25. The highest BCUT2D eigenvalue weighted by Crippen LogP contribution is 2.16. The van der Waals surface area contributed by atoms with Crippen LogP contribution in [0.25, 0.3) is 0 Å². The smallest absolute Gasteiger partial charge is 0.124 e. The van der Waals surface area contributed by atoms with E-state index >= 15 is 0 Å². The minimum atomic E-state index is -0.776. The zero-order chi connectivity index (χ0) is 11.2. The normalized spacial score (nSPS) is 13.3. The maximum absolute atomic E-state index is 8.23. The molecule has 0 heterocycles. The van der Waals surface area contributed by atoms with Crippen LogP contribution in [0.1, 0.15) is 27.7 Å². The topological polar surface area (TPSA) is 77.4 Å². The van der Waals surface area contributed by atoms with Crippen molar-refractivity contribution >= 4 is 0 Å². The number of rotatable bonds is 7. The average Bonchev–Trinajstić information content (AvgIpc) is 2.01. The Bertz CT molecular complexity index is 138. The predicted octanol–water partition coefficient (Wildman–Crippen LogP) is 1.47. The summed E-state index contributed by atoms with van der Waals surface area (Å²) in [4.78, 5) is 17.9. The van der Waals surface area contributed by atoms with Gasteiger partial charge >= 0.3 is 0 Å². The molecular formula is C8H18O6. The molecule has 0 radical (unpaired) electrons. The molecule has 0 amide bonds. The van der Waals surface area contributed by atoms with Crippen molar-refractivity contribution in [2.75, 3.05) is 13.2 Å². The molecule has 0 aliphatic heterocycles.